The molecular weight excluding hydrogens is 162 g/mol. The zero-order valence-corrected chi connectivity index (χ0v) is 8.45. The first-order chi connectivity index (χ1) is 6.15. The van der Waals surface area contributed by atoms with Crippen molar-refractivity contribution < 1.29 is 4.84 Å². The van der Waals surface area contributed by atoms with E-state index in [1.54, 1.807) is 0 Å². The molecule has 72 valence electrons. The fourth-order valence-corrected chi connectivity index (χ4v) is 1.23. The molecular formula is C11H17NO. The van der Waals surface area contributed by atoms with Crippen molar-refractivity contribution in [2.24, 2.45) is 5.90 Å². The van der Waals surface area contributed by atoms with Crippen LogP contribution in [0.2, 0.25) is 0 Å². The van der Waals surface area contributed by atoms with Gasteiger partial charge in [-0.15, -0.1) is 0 Å². The summed E-state index contributed by atoms with van der Waals surface area (Å²) in [6.07, 6.45) is -0.0267. The number of hydrogen-bond acceptors (Lipinski definition) is 2. The topological polar surface area (TPSA) is 35.2 Å². The molecule has 1 rings (SSSR count). The third-order valence-electron chi connectivity index (χ3n) is 2.28. The van der Waals surface area contributed by atoms with Crippen LogP contribution in [0.5, 0.6) is 0 Å². The lowest BCUT2D eigenvalue weighted by Gasteiger charge is -2.10. The van der Waals surface area contributed by atoms with E-state index in [2.05, 4.69) is 38.1 Å². The summed E-state index contributed by atoms with van der Waals surface area (Å²) in [7, 11) is 0. The van der Waals surface area contributed by atoms with Crippen molar-refractivity contribution in [1.82, 2.24) is 0 Å². The van der Waals surface area contributed by atoms with Crippen LogP contribution in [-0.2, 0) is 4.84 Å². The monoisotopic (exact) mass is 179 g/mol. The van der Waals surface area contributed by atoms with Crippen LogP contribution < -0.4 is 5.90 Å². The summed E-state index contributed by atoms with van der Waals surface area (Å²) in [4.78, 5) is 4.74. The van der Waals surface area contributed by atoms with Crippen molar-refractivity contribution >= 4 is 0 Å². The van der Waals surface area contributed by atoms with Crippen LogP contribution >= 0.6 is 0 Å². The lowest BCUT2D eigenvalue weighted by Crippen LogP contribution is -2.05. The van der Waals surface area contributed by atoms with Crippen molar-refractivity contribution in [1.29, 1.82) is 0 Å². The predicted octanol–water partition coefficient (Wildman–Crippen LogP) is 2.76. The maximum absolute atomic E-state index is 5.10. The first kappa shape index (κ1) is 10.2. The van der Waals surface area contributed by atoms with E-state index in [0.29, 0.717) is 5.92 Å². The molecule has 0 aliphatic carbocycles. The fourth-order valence-electron chi connectivity index (χ4n) is 1.23. The minimum atomic E-state index is -0.0267. The molecule has 0 aliphatic rings. The van der Waals surface area contributed by atoms with E-state index >= 15 is 0 Å². The molecule has 0 aliphatic heterocycles. The second kappa shape index (κ2) is 4.40. The normalized spacial score (nSPS) is 13.3. The summed E-state index contributed by atoms with van der Waals surface area (Å²) in [5, 5.41) is 0. The van der Waals surface area contributed by atoms with Crippen molar-refractivity contribution in [3.8, 4) is 0 Å². The van der Waals surface area contributed by atoms with E-state index in [1.807, 2.05) is 6.92 Å². The molecule has 1 unspecified atom stereocenters. The minimum Gasteiger partial charge on any atom is -0.297 e. The third-order valence-corrected chi connectivity index (χ3v) is 2.28. The molecule has 2 heteroatoms. The maximum Gasteiger partial charge on any atom is 0.101 e. The van der Waals surface area contributed by atoms with E-state index < -0.39 is 0 Å². The molecule has 0 fully saturated rings. The van der Waals surface area contributed by atoms with Crippen LogP contribution in [0, 0.1) is 0 Å². The van der Waals surface area contributed by atoms with Gasteiger partial charge < -0.3 is 0 Å². The van der Waals surface area contributed by atoms with Crippen LogP contribution in [0.1, 0.15) is 43.9 Å². The first-order valence-corrected chi connectivity index (χ1v) is 4.60. The fraction of sp³-hybridized carbons (Fsp3) is 0.455. The lowest BCUT2D eigenvalue weighted by atomic mass is 10.0. The molecule has 0 spiro atoms. The second-order valence-corrected chi connectivity index (χ2v) is 3.60. The van der Waals surface area contributed by atoms with E-state index in [0.717, 1.165) is 5.56 Å². The molecule has 1 aromatic carbocycles. The number of benzene rings is 1. The van der Waals surface area contributed by atoms with Crippen molar-refractivity contribution in [2.45, 2.75) is 32.8 Å². The Morgan fingerprint density at radius 2 is 1.46 bits per heavy atom. The zero-order chi connectivity index (χ0) is 9.84. The summed E-state index contributed by atoms with van der Waals surface area (Å²) in [6, 6.07) is 8.37. The Bertz CT molecular complexity index is 253. The third kappa shape index (κ3) is 2.54. The van der Waals surface area contributed by atoms with Gasteiger partial charge in [0, 0.05) is 0 Å². The first-order valence-electron chi connectivity index (χ1n) is 4.60. The van der Waals surface area contributed by atoms with E-state index in [4.69, 9.17) is 10.7 Å². The molecule has 1 atom stereocenters. The molecule has 1 aromatic rings. The van der Waals surface area contributed by atoms with Gasteiger partial charge in [0.1, 0.15) is 6.10 Å². The lowest BCUT2D eigenvalue weighted by molar-refractivity contribution is 0.0664. The van der Waals surface area contributed by atoms with Crippen LogP contribution in [0.3, 0.4) is 0 Å². The van der Waals surface area contributed by atoms with Gasteiger partial charge in [-0.05, 0) is 24.0 Å². The average molecular weight is 179 g/mol. The van der Waals surface area contributed by atoms with E-state index in [9.17, 15) is 0 Å². The molecule has 0 heterocycles. The van der Waals surface area contributed by atoms with Crippen LogP contribution in [0.4, 0.5) is 0 Å². The van der Waals surface area contributed by atoms with Gasteiger partial charge >= 0.3 is 0 Å². The Morgan fingerprint density at radius 3 is 1.85 bits per heavy atom. The van der Waals surface area contributed by atoms with Crippen LogP contribution in [0.25, 0.3) is 0 Å². The average Bonchev–Trinajstić information content (AvgIpc) is 2.17. The Kier molecular flexibility index (Phi) is 3.46. The maximum atomic E-state index is 5.10. The molecule has 0 bridgehead atoms. The molecule has 2 N–H and O–H groups in total. The quantitative estimate of drug-likeness (QED) is 0.724. The molecule has 0 aromatic heterocycles. The summed E-state index contributed by atoms with van der Waals surface area (Å²) in [5.41, 5.74) is 2.46. The molecule has 0 saturated heterocycles. The smallest absolute Gasteiger partial charge is 0.101 e. The van der Waals surface area contributed by atoms with Gasteiger partial charge in [0.2, 0.25) is 0 Å². The standard InChI is InChI=1S/C11H17NO/c1-8(2)10-4-6-11(7-5-10)9(3)13-12/h4-9H,12H2,1-3H3. The number of hydrogen-bond donors (Lipinski definition) is 1. The minimum absolute atomic E-state index is 0.0267. The summed E-state index contributed by atoms with van der Waals surface area (Å²) >= 11 is 0. The second-order valence-electron chi connectivity index (χ2n) is 3.60. The Labute approximate surface area is 79.7 Å². The van der Waals surface area contributed by atoms with Crippen molar-refractivity contribution in [3.63, 3.8) is 0 Å². The van der Waals surface area contributed by atoms with Crippen LogP contribution in [0.15, 0.2) is 24.3 Å². The highest BCUT2D eigenvalue weighted by Crippen LogP contribution is 2.19. The Balaban J connectivity index is 2.81. The summed E-state index contributed by atoms with van der Waals surface area (Å²) < 4.78 is 0. The zero-order valence-electron chi connectivity index (χ0n) is 8.45. The van der Waals surface area contributed by atoms with E-state index in [-0.39, 0.29) is 6.10 Å². The highest BCUT2D eigenvalue weighted by Gasteiger charge is 2.04. The van der Waals surface area contributed by atoms with Crippen molar-refractivity contribution in [2.75, 3.05) is 0 Å². The number of nitrogens with two attached hydrogens (primary N) is 1. The Morgan fingerprint density at radius 1 is 1.00 bits per heavy atom. The van der Waals surface area contributed by atoms with Gasteiger partial charge in [0.05, 0.1) is 0 Å². The SMILES string of the molecule is CC(C)c1ccc(C(C)ON)cc1. The van der Waals surface area contributed by atoms with Gasteiger partial charge in [-0.3, -0.25) is 4.84 Å². The van der Waals surface area contributed by atoms with Gasteiger partial charge in [0.15, 0.2) is 0 Å². The highest BCUT2D eigenvalue weighted by atomic mass is 16.6. The van der Waals surface area contributed by atoms with Gasteiger partial charge in [-0.25, -0.2) is 5.90 Å². The van der Waals surface area contributed by atoms with E-state index in [1.165, 1.54) is 5.56 Å². The molecule has 0 saturated carbocycles. The van der Waals surface area contributed by atoms with Crippen molar-refractivity contribution in [3.05, 3.63) is 35.4 Å². The molecule has 2 nitrogen and oxygen atoms in total. The van der Waals surface area contributed by atoms with Gasteiger partial charge in [0.25, 0.3) is 0 Å². The molecule has 13 heavy (non-hydrogen) atoms. The Hall–Kier alpha value is -0.860. The molecule has 0 amide bonds. The van der Waals surface area contributed by atoms with Gasteiger partial charge in [-0.2, -0.15) is 0 Å². The summed E-state index contributed by atoms with van der Waals surface area (Å²) in [6.45, 7) is 6.29. The highest BCUT2D eigenvalue weighted by molar-refractivity contribution is 5.25. The molecule has 0 radical (unpaired) electrons. The van der Waals surface area contributed by atoms with Gasteiger partial charge in [-0.1, -0.05) is 38.1 Å². The summed E-state index contributed by atoms with van der Waals surface area (Å²) in [5.74, 6) is 5.67. The van der Waals surface area contributed by atoms with Crippen LogP contribution in [-0.4, -0.2) is 0 Å². The largest absolute Gasteiger partial charge is 0.297 e. The number of rotatable bonds is 3. The predicted molar refractivity (Wildman–Crippen MR) is 54.2 cm³/mol.